The molecule has 0 fully saturated rings. The predicted molar refractivity (Wildman–Crippen MR) is 46.9 cm³/mol. The lowest BCUT2D eigenvalue weighted by molar-refractivity contribution is 0.759. The predicted octanol–water partition coefficient (Wildman–Crippen LogP) is 0.466. The van der Waals surface area contributed by atoms with E-state index in [9.17, 15) is 9.59 Å². The molecule has 0 saturated heterocycles. The van der Waals surface area contributed by atoms with E-state index in [1.54, 1.807) is 0 Å². The van der Waals surface area contributed by atoms with Crippen LogP contribution in [-0.4, -0.2) is 9.55 Å². The van der Waals surface area contributed by atoms with E-state index in [0.29, 0.717) is 5.69 Å². The van der Waals surface area contributed by atoms with Crippen LogP contribution in [-0.2, 0) is 12.9 Å². The van der Waals surface area contributed by atoms with Crippen LogP contribution in [0.1, 0.15) is 5.69 Å². The van der Waals surface area contributed by atoms with Gasteiger partial charge in [-0.1, -0.05) is 11.6 Å². The smallest absolute Gasteiger partial charge is 0.298 e. The van der Waals surface area contributed by atoms with E-state index in [4.69, 9.17) is 23.2 Å². The third-order valence-corrected chi connectivity index (χ3v) is 2.15. The highest BCUT2D eigenvalue weighted by molar-refractivity contribution is 6.31. The van der Waals surface area contributed by atoms with Gasteiger partial charge in [0.2, 0.25) is 0 Å². The zero-order chi connectivity index (χ0) is 9.30. The lowest BCUT2D eigenvalue weighted by atomic mass is 10.4. The molecule has 1 rings (SSSR count). The second-order valence-electron chi connectivity index (χ2n) is 2.21. The Labute approximate surface area is 77.7 Å². The van der Waals surface area contributed by atoms with Crippen LogP contribution in [0, 0.1) is 0 Å². The van der Waals surface area contributed by atoms with Gasteiger partial charge in [0, 0.05) is 7.05 Å². The maximum atomic E-state index is 11.0. The van der Waals surface area contributed by atoms with Gasteiger partial charge < -0.3 is 0 Å². The molecule has 0 bridgehead atoms. The Kier molecular flexibility index (Phi) is 2.59. The molecule has 0 saturated carbocycles. The zero-order valence-electron chi connectivity index (χ0n) is 6.23. The van der Waals surface area contributed by atoms with Crippen molar-refractivity contribution in [3.8, 4) is 0 Å². The molecule has 1 aromatic rings. The number of hydrogen-bond acceptors (Lipinski definition) is 2. The number of halogens is 2. The number of aromatic nitrogens is 2. The topological polar surface area (TPSA) is 54.9 Å². The summed E-state index contributed by atoms with van der Waals surface area (Å²) >= 11 is 11.1. The standard InChI is InChI=1S/C6H6Cl2N2O2/c1-10-3(2-7)4(8)5(11)9-6(10)12/h2H2,1H3,(H,9,11,12). The van der Waals surface area contributed by atoms with Crippen LogP contribution in [0.25, 0.3) is 0 Å². The van der Waals surface area contributed by atoms with Gasteiger partial charge in [-0.25, -0.2) is 4.79 Å². The minimum atomic E-state index is -0.601. The van der Waals surface area contributed by atoms with Crippen LogP contribution in [0.3, 0.4) is 0 Å². The molecule has 0 unspecified atom stereocenters. The van der Waals surface area contributed by atoms with Crippen molar-refractivity contribution in [3.05, 3.63) is 31.6 Å². The molecule has 12 heavy (non-hydrogen) atoms. The number of H-pyrrole nitrogens is 1. The van der Waals surface area contributed by atoms with Crippen molar-refractivity contribution in [2.75, 3.05) is 0 Å². The quantitative estimate of drug-likeness (QED) is 0.683. The first kappa shape index (κ1) is 9.35. The Morgan fingerprint density at radius 3 is 2.58 bits per heavy atom. The maximum absolute atomic E-state index is 11.0. The van der Waals surface area contributed by atoms with E-state index >= 15 is 0 Å². The van der Waals surface area contributed by atoms with Crippen molar-refractivity contribution < 1.29 is 0 Å². The number of rotatable bonds is 1. The Bertz CT molecular complexity index is 373. The van der Waals surface area contributed by atoms with E-state index in [1.807, 2.05) is 4.98 Å². The number of aromatic amines is 1. The van der Waals surface area contributed by atoms with E-state index in [-0.39, 0.29) is 10.9 Å². The highest BCUT2D eigenvalue weighted by Gasteiger charge is 2.08. The summed E-state index contributed by atoms with van der Waals surface area (Å²) in [6.07, 6.45) is 0. The maximum Gasteiger partial charge on any atom is 0.328 e. The summed E-state index contributed by atoms with van der Waals surface area (Å²) in [6, 6.07) is 0. The number of nitrogens with zero attached hydrogens (tertiary/aromatic N) is 1. The number of nitrogens with one attached hydrogen (secondary N) is 1. The molecule has 1 N–H and O–H groups in total. The lowest BCUT2D eigenvalue weighted by Gasteiger charge is -2.04. The second kappa shape index (κ2) is 3.33. The Hall–Kier alpha value is -0.740. The average molecular weight is 209 g/mol. The molecule has 0 atom stereocenters. The first-order valence-electron chi connectivity index (χ1n) is 3.11. The zero-order valence-corrected chi connectivity index (χ0v) is 7.74. The van der Waals surface area contributed by atoms with Crippen molar-refractivity contribution in [1.29, 1.82) is 0 Å². The van der Waals surface area contributed by atoms with Gasteiger partial charge >= 0.3 is 5.69 Å². The Balaban J connectivity index is 3.65. The van der Waals surface area contributed by atoms with E-state index < -0.39 is 11.2 Å². The SMILES string of the molecule is Cn1c(CCl)c(Cl)c(=O)[nH]c1=O. The fraction of sp³-hybridized carbons (Fsp3) is 0.333. The van der Waals surface area contributed by atoms with Gasteiger partial charge in [0.05, 0.1) is 11.6 Å². The molecule has 66 valence electrons. The number of hydrogen-bond donors (Lipinski definition) is 1. The van der Waals surface area contributed by atoms with Crippen molar-refractivity contribution in [3.63, 3.8) is 0 Å². The van der Waals surface area contributed by atoms with Crippen LogP contribution >= 0.6 is 23.2 Å². The molecule has 0 aromatic carbocycles. The monoisotopic (exact) mass is 208 g/mol. The highest BCUT2D eigenvalue weighted by atomic mass is 35.5. The summed E-state index contributed by atoms with van der Waals surface area (Å²) in [5, 5.41) is -0.0351. The van der Waals surface area contributed by atoms with Gasteiger partial charge in [0.25, 0.3) is 5.56 Å². The molecule has 0 aliphatic heterocycles. The van der Waals surface area contributed by atoms with Crippen LogP contribution in [0.5, 0.6) is 0 Å². The normalized spacial score (nSPS) is 10.2. The Morgan fingerprint density at radius 1 is 1.50 bits per heavy atom. The molecule has 1 heterocycles. The average Bonchev–Trinajstić information content (AvgIpc) is 2.02. The first-order valence-corrected chi connectivity index (χ1v) is 4.02. The molecule has 0 spiro atoms. The van der Waals surface area contributed by atoms with Crippen molar-refractivity contribution in [2.24, 2.45) is 7.05 Å². The molecule has 0 aliphatic rings. The molecular weight excluding hydrogens is 203 g/mol. The Morgan fingerprint density at radius 2 is 2.08 bits per heavy atom. The second-order valence-corrected chi connectivity index (χ2v) is 2.86. The minimum Gasteiger partial charge on any atom is -0.298 e. The van der Waals surface area contributed by atoms with Crippen LogP contribution in [0.15, 0.2) is 9.59 Å². The van der Waals surface area contributed by atoms with E-state index in [1.165, 1.54) is 11.6 Å². The van der Waals surface area contributed by atoms with Gasteiger partial charge in [-0.3, -0.25) is 14.3 Å². The lowest BCUT2D eigenvalue weighted by Crippen LogP contribution is -2.31. The van der Waals surface area contributed by atoms with Gasteiger partial charge in [-0.2, -0.15) is 0 Å². The molecule has 0 aliphatic carbocycles. The fourth-order valence-electron chi connectivity index (χ4n) is 0.785. The summed E-state index contributed by atoms with van der Waals surface area (Å²) in [7, 11) is 1.49. The molecule has 0 amide bonds. The van der Waals surface area contributed by atoms with Gasteiger partial charge in [-0.05, 0) is 0 Å². The van der Waals surface area contributed by atoms with Crippen molar-refractivity contribution in [2.45, 2.75) is 5.88 Å². The largest absolute Gasteiger partial charge is 0.328 e. The van der Waals surface area contributed by atoms with Crippen LogP contribution in [0.2, 0.25) is 5.02 Å². The summed E-state index contributed by atoms with van der Waals surface area (Å²) in [5.41, 5.74) is -0.789. The number of alkyl halides is 1. The van der Waals surface area contributed by atoms with E-state index in [0.717, 1.165) is 0 Å². The van der Waals surface area contributed by atoms with Crippen molar-refractivity contribution in [1.82, 2.24) is 9.55 Å². The minimum absolute atomic E-state index is 0.0351. The molecule has 6 heteroatoms. The molecule has 1 aromatic heterocycles. The molecule has 0 radical (unpaired) electrons. The third-order valence-electron chi connectivity index (χ3n) is 1.51. The van der Waals surface area contributed by atoms with Gasteiger partial charge in [0.15, 0.2) is 0 Å². The van der Waals surface area contributed by atoms with Gasteiger partial charge in [0.1, 0.15) is 5.02 Å². The first-order chi connectivity index (χ1) is 5.57. The summed E-state index contributed by atoms with van der Waals surface area (Å²) < 4.78 is 1.21. The van der Waals surface area contributed by atoms with Crippen molar-refractivity contribution >= 4 is 23.2 Å². The fourth-order valence-corrected chi connectivity index (χ4v) is 1.41. The molecule has 4 nitrogen and oxygen atoms in total. The third kappa shape index (κ3) is 1.40. The summed E-state index contributed by atoms with van der Waals surface area (Å²) in [5.74, 6) is 0.0362. The highest BCUT2D eigenvalue weighted by Crippen LogP contribution is 2.09. The molecular formula is C6H6Cl2N2O2. The summed E-state index contributed by atoms with van der Waals surface area (Å²) in [6.45, 7) is 0. The van der Waals surface area contributed by atoms with Gasteiger partial charge in [-0.15, -0.1) is 11.6 Å². The van der Waals surface area contributed by atoms with Crippen LogP contribution in [0.4, 0.5) is 0 Å². The van der Waals surface area contributed by atoms with Crippen LogP contribution < -0.4 is 11.2 Å². The van der Waals surface area contributed by atoms with E-state index in [2.05, 4.69) is 0 Å². The summed E-state index contributed by atoms with van der Waals surface area (Å²) in [4.78, 5) is 23.9.